The van der Waals surface area contributed by atoms with Crippen molar-refractivity contribution in [3.63, 3.8) is 0 Å². The van der Waals surface area contributed by atoms with E-state index in [0.29, 0.717) is 26.2 Å². The highest BCUT2D eigenvalue weighted by Gasteiger charge is 2.31. The number of carbonyl (C=O) groups is 1. The van der Waals surface area contributed by atoms with Crippen LogP contribution >= 0.6 is 0 Å². The summed E-state index contributed by atoms with van der Waals surface area (Å²) in [6.07, 6.45) is 1.54. The van der Waals surface area contributed by atoms with Crippen LogP contribution in [0.5, 0.6) is 0 Å². The first-order valence-electron chi connectivity index (χ1n) is 8.89. The molecule has 0 aromatic rings. The molecule has 0 bridgehead atoms. The van der Waals surface area contributed by atoms with E-state index in [1.54, 1.807) is 6.92 Å². The highest BCUT2D eigenvalue weighted by molar-refractivity contribution is 5.81. The second-order valence-electron chi connectivity index (χ2n) is 7.11. The molecule has 2 rings (SSSR count). The van der Waals surface area contributed by atoms with Crippen LogP contribution in [0.3, 0.4) is 0 Å². The Balaban J connectivity index is 1.80. The molecule has 0 radical (unpaired) electrons. The first kappa shape index (κ1) is 18.6. The van der Waals surface area contributed by atoms with Crippen molar-refractivity contribution in [2.45, 2.75) is 51.9 Å². The zero-order chi connectivity index (χ0) is 16.8. The number of β-amino-alcohol motifs (C(OH)–C–C–N with tert-alkyl or cyclic N) is 1. The van der Waals surface area contributed by atoms with E-state index in [4.69, 9.17) is 9.47 Å². The number of aliphatic hydroxyl groups is 1. The van der Waals surface area contributed by atoms with Gasteiger partial charge in [0.05, 0.1) is 18.8 Å². The third-order valence-electron chi connectivity index (χ3n) is 4.54. The van der Waals surface area contributed by atoms with Gasteiger partial charge in [-0.25, -0.2) is 0 Å². The summed E-state index contributed by atoms with van der Waals surface area (Å²) in [5.41, 5.74) is 0. The fourth-order valence-corrected chi connectivity index (χ4v) is 3.24. The van der Waals surface area contributed by atoms with Gasteiger partial charge in [0.1, 0.15) is 6.10 Å². The van der Waals surface area contributed by atoms with E-state index < -0.39 is 0 Å². The normalized spacial score (nSPS) is 25.8. The molecule has 2 fully saturated rings. The Kier molecular flexibility index (Phi) is 7.27. The van der Waals surface area contributed by atoms with Gasteiger partial charge in [-0.1, -0.05) is 13.8 Å². The third kappa shape index (κ3) is 5.71. The molecule has 6 heteroatoms. The van der Waals surface area contributed by atoms with Gasteiger partial charge in [-0.05, 0) is 25.7 Å². The lowest BCUT2D eigenvalue weighted by molar-refractivity contribution is -0.151. The van der Waals surface area contributed by atoms with Gasteiger partial charge in [-0.2, -0.15) is 0 Å². The molecular weight excluding hydrogens is 296 g/mol. The van der Waals surface area contributed by atoms with Crippen LogP contribution in [0.25, 0.3) is 0 Å². The first-order valence-corrected chi connectivity index (χ1v) is 8.89. The number of hydrogen-bond acceptors (Lipinski definition) is 5. The Hall–Kier alpha value is -0.690. The molecule has 6 nitrogen and oxygen atoms in total. The second kappa shape index (κ2) is 8.97. The summed E-state index contributed by atoms with van der Waals surface area (Å²) in [5.74, 6) is 0.245. The first-order chi connectivity index (χ1) is 11.0. The van der Waals surface area contributed by atoms with E-state index in [-0.39, 0.29) is 30.1 Å². The minimum atomic E-state index is -0.387. The molecule has 3 unspecified atom stereocenters. The molecule has 2 heterocycles. The molecule has 0 aromatic heterocycles. The zero-order valence-electron chi connectivity index (χ0n) is 14.7. The van der Waals surface area contributed by atoms with Crippen molar-refractivity contribution in [3.05, 3.63) is 0 Å². The molecule has 0 aromatic carbocycles. The van der Waals surface area contributed by atoms with E-state index in [0.717, 1.165) is 32.5 Å². The molecule has 0 saturated carbocycles. The fourth-order valence-electron chi connectivity index (χ4n) is 3.24. The summed E-state index contributed by atoms with van der Waals surface area (Å²) in [6, 6.07) is 0. The predicted molar refractivity (Wildman–Crippen MR) is 88.3 cm³/mol. The van der Waals surface area contributed by atoms with Crippen molar-refractivity contribution in [2.24, 2.45) is 5.92 Å². The van der Waals surface area contributed by atoms with Gasteiger partial charge in [0.2, 0.25) is 0 Å². The van der Waals surface area contributed by atoms with Gasteiger partial charge in [-0.3, -0.25) is 9.69 Å². The van der Waals surface area contributed by atoms with Gasteiger partial charge in [0, 0.05) is 39.3 Å². The van der Waals surface area contributed by atoms with Crippen LogP contribution in [0.15, 0.2) is 0 Å². The summed E-state index contributed by atoms with van der Waals surface area (Å²) >= 11 is 0. The van der Waals surface area contributed by atoms with Gasteiger partial charge in [-0.15, -0.1) is 0 Å². The molecule has 2 aliphatic rings. The Morgan fingerprint density at radius 3 is 2.48 bits per heavy atom. The lowest BCUT2D eigenvalue weighted by Gasteiger charge is -2.37. The second-order valence-corrected chi connectivity index (χ2v) is 7.11. The molecule has 0 spiro atoms. The van der Waals surface area contributed by atoms with Crippen molar-refractivity contribution < 1.29 is 19.4 Å². The molecular formula is C17H32N2O4. The monoisotopic (exact) mass is 328 g/mol. The average Bonchev–Trinajstić information content (AvgIpc) is 3.00. The molecule has 3 atom stereocenters. The number of hydrogen-bond donors (Lipinski definition) is 1. The number of ether oxygens (including phenoxy) is 2. The topological polar surface area (TPSA) is 62.2 Å². The van der Waals surface area contributed by atoms with Crippen molar-refractivity contribution in [1.29, 1.82) is 0 Å². The number of piperazine rings is 1. The zero-order valence-corrected chi connectivity index (χ0v) is 14.7. The maximum Gasteiger partial charge on any atom is 0.252 e. The molecule has 2 saturated heterocycles. The van der Waals surface area contributed by atoms with Gasteiger partial charge >= 0.3 is 0 Å². The van der Waals surface area contributed by atoms with Crippen molar-refractivity contribution in [2.75, 3.05) is 45.9 Å². The molecule has 1 amide bonds. The van der Waals surface area contributed by atoms with Gasteiger partial charge in [0.25, 0.3) is 5.91 Å². The Morgan fingerprint density at radius 1 is 1.26 bits per heavy atom. The Bertz CT molecular complexity index is 362. The predicted octanol–water partition coefficient (Wildman–Crippen LogP) is 0.732. The third-order valence-corrected chi connectivity index (χ3v) is 4.54. The van der Waals surface area contributed by atoms with Gasteiger partial charge < -0.3 is 19.5 Å². The summed E-state index contributed by atoms with van der Waals surface area (Å²) in [7, 11) is 0. The largest absolute Gasteiger partial charge is 0.392 e. The van der Waals surface area contributed by atoms with Gasteiger partial charge in [0.15, 0.2) is 0 Å². The van der Waals surface area contributed by atoms with E-state index in [1.165, 1.54) is 0 Å². The minimum absolute atomic E-state index is 0.0923. The lowest BCUT2D eigenvalue weighted by Crippen LogP contribution is -2.53. The van der Waals surface area contributed by atoms with Crippen molar-refractivity contribution in [1.82, 2.24) is 9.80 Å². The fraction of sp³-hybridized carbons (Fsp3) is 0.941. The number of amides is 1. The van der Waals surface area contributed by atoms with Crippen LogP contribution in [0.2, 0.25) is 0 Å². The van der Waals surface area contributed by atoms with E-state index in [2.05, 4.69) is 4.90 Å². The van der Waals surface area contributed by atoms with Crippen LogP contribution in [0.4, 0.5) is 0 Å². The average molecular weight is 328 g/mol. The quantitative estimate of drug-likeness (QED) is 0.747. The Labute approximate surface area is 139 Å². The summed E-state index contributed by atoms with van der Waals surface area (Å²) < 4.78 is 11.5. The van der Waals surface area contributed by atoms with Crippen molar-refractivity contribution in [3.8, 4) is 0 Å². The van der Waals surface area contributed by atoms with Crippen LogP contribution in [-0.4, -0.2) is 85.1 Å². The van der Waals surface area contributed by atoms with E-state index in [9.17, 15) is 9.90 Å². The molecule has 2 aliphatic heterocycles. The molecule has 1 N–H and O–H groups in total. The standard InChI is InChI=1S/C17H32N2O4/c1-13(2)16(23-12-15-5-4-10-22-15)17(21)19-8-6-18(7-9-19)11-14(3)20/h13-16,20H,4-12H2,1-3H3. The van der Waals surface area contributed by atoms with Crippen LogP contribution < -0.4 is 0 Å². The molecule has 134 valence electrons. The lowest BCUT2D eigenvalue weighted by atomic mass is 10.1. The number of carbonyl (C=O) groups excluding carboxylic acids is 1. The highest BCUT2D eigenvalue weighted by Crippen LogP contribution is 2.17. The van der Waals surface area contributed by atoms with E-state index >= 15 is 0 Å². The highest BCUT2D eigenvalue weighted by atomic mass is 16.5. The summed E-state index contributed by atoms with van der Waals surface area (Å²) in [4.78, 5) is 16.9. The maximum absolute atomic E-state index is 12.8. The SMILES string of the molecule is CC(O)CN1CCN(C(=O)C(OCC2CCCO2)C(C)C)CC1. The number of aliphatic hydroxyl groups excluding tert-OH is 1. The Morgan fingerprint density at radius 2 is 1.96 bits per heavy atom. The summed E-state index contributed by atoms with van der Waals surface area (Å²) in [5, 5.41) is 9.46. The van der Waals surface area contributed by atoms with E-state index in [1.807, 2.05) is 18.7 Å². The molecule has 23 heavy (non-hydrogen) atoms. The van der Waals surface area contributed by atoms with Crippen LogP contribution in [0, 0.1) is 5.92 Å². The number of nitrogens with zero attached hydrogens (tertiary/aromatic N) is 2. The maximum atomic E-state index is 12.8. The van der Waals surface area contributed by atoms with Crippen LogP contribution in [-0.2, 0) is 14.3 Å². The molecule has 0 aliphatic carbocycles. The summed E-state index contributed by atoms with van der Waals surface area (Å²) in [6.45, 7) is 10.9. The minimum Gasteiger partial charge on any atom is -0.392 e. The van der Waals surface area contributed by atoms with Crippen LogP contribution in [0.1, 0.15) is 33.6 Å². The smallest absolute Gasteiger partial charge is 0.252 e. The van der Waals surface area contributed by atoms with Crippen molar-refractivity contribution >= 4 is 5.91 Å². The number of rotatable bonds is 7.